The second kappa shape index (κ2) is 8.67. The molecular weight excluding hydrogens is 308 g/mol. The number of amides is 1. The van der Waals surface area contributed by atoms with Crippen molar-refractivity contribution >= 4 is 28.4 Å². The van der Waals surface area contributed by atoms with Crippen LogP contribution in [0.5, 0.6) is 5.75 Å². The Morgan fingerprint density at radius 2 is 1.88 bits per heavy atom. The Kier molecular flexibility index (Phi) is 6.31. The van der Waals surface area contributed by atoms with Gasteiger partial charge in [-0.2, -0.15) is 5.10 Å². The van der Waals surface area contributed by atoms with E-state index in [2.05, 4.69) is 10.5 Å². The Morgan fingerprint density at radius 3 is 2.62 bits per heavy atom. The van der Waals surface area contributed by atoms with Gasteiger partial charge in [0, 0.05) is 5.71 Å². The number of ether oxygens (including phenoxy) is 2. The molecule has 1 N–H and O–H groups in total. The number of esters is 1. The van der Waals surface area contributed by atoms with Crippen molar-refractivity contribution in [2.24, 2.45) is 5.10 Å². The van der Waals surface area contributed by atoms with Crippen molar-refractivity contribution in [3.63, 3.8) is 0 Å². The number of carbonyl (C=O) groups excluding carboxylic acids is 2. The average Bonchev–Trinajstić information content (AvgIpc) is 2.58. The van der Waals surface area contributed by atoms with Crippen LogP contribution in [0.25, 0.3) is 10.8 Å². The van der Waals surface area contributed by atoms with Crippen LogP contribution in [0.4, 0.5) is 0 Å². The van der Waals surface area contributed by atoms with E-state index in [1.807, 2.05) is 42.5 Å². The molecule has 0 spiro atoms. The summed E-state index contributed by atoms with van der Waals surface area (Å²) >= 11 is 0. The van der Waals surface area contributed by atoms with Crippen LogP contribution in [-0.4, -0.2) is 30.8 Å². The van der Waals surface area contributed by atoms with Crippen LogP contribution >= 0.6 is 0 Å². The SMILES string of the molecule is CCOC(=O)C/C(C)=N/NC(=O)COc1ccc2ccccc2c1. The molecule has 0 fully saturated rings. The molecule has 0 bridgehead atoms. The van der Waals surface area contributed by atoms with Gasteiger partial charge < -0.3 is 9.47 Å². The fraction of sp³-hybridized carbons (Fsp3) is 0.278. The lowest BCUT2D eigenvalue weighted by molar-refractivity contribution is -0.141. The standard InChI is InChI=1S/C18H20N2O4/c1-3-23-18(22)10-13(2)19-20-17(21)12-24-16-9-8-14-6-4-5-7-15(14)11-16/h4-9,11H,3,10,12H2,1-2H3,(H,20,21)/b19-13+. The van der Waals surface area contributed by atoms with Crippen LogP contribution in [0.3, 0.4) is 0 Å². The summed E-state index contributed by atoms with van der Waals surface area (Å²) in [6.07, 6.45) is 0.0413. The minimum absolute atomic E-state index is 0.0413. The third kappa shape index (κ3) is 5.39. The number of nitrogens with one attached hydrogen (secondary N) is 1. The molecule has 0 aromatic heterocycles. The van der Waals surface area contributed by atoms with E-state index >= 15 is 0 Å². The predicted molar refractivity (Wildman–Crippen MR) is 91.9 cm³/mol. The summed E-state index contributed by atoms with van der Waals surface area (Å²) in [6.45, 7) is 3.53. The Bertz CT molecular complexity index is 756. The number of rotatable bonds is 7. The fourth-order valence-electron chi connectivity index (χ4n) is 2.06. The molecule has 1 amide bonds. The van der Waals surface area contributed by atoms with Crippen molar-refractivity contribution in [2.75, 3.05) is 13.2 Å². The van der Waals surface area contributed by atoms with E-state index in [1.54, 1.807) is 13.8 Å². The highest BCUT2D eigenvalue weighted by Gasteiger charge is 2.06. The molecule has 0 aliphatic carbocycles. The molecule has 0 saturated carbocycles. The van der Waals surface area contributed by atoms with Gasteiger partial charge in [-0.15, -0.1) is 0 Å². The molecule has 24 heavy (non-hydrogen) atoms. The number of nitrogens with zero attached hydrogens (tertiary/aromatic N) is 1. The van der Waals surface area contributed by atoms with E-state index < -0.39 is 5.91 Å². The van der Waals surface area contributed by atoms with Crippen molar-refractivity contribution < 1.29 is 19.1 Å². The number of carbonyl (C=O) groups is 2. The fourth-order valence-corrected chi connectivity index (χ4v) is 2.06. The van der Waals surface area contributed by atoms with Crippen molar-refractivity contribution in [2.45, 2.75) is 20.3 Å². The molecule has 6 heteroatoms. The maximum atomic E-state index is 11.7. The molecule has 0 radical (unpaired) electrons. The Hall–Kier alpha value is -2.89. The topological polar surface area (TPSA) is 77.0 Å². The summed E-state index contributed by atoms with van der Waals surface area (Å²) in [7, 11) is 0. The van der Waals surface area contributed by atoms with Crippen molar-refractivity contribution in [1.82, 2.24) is 5.43 Å². The van der Waals surface area contributed by atoms with Gasteiger partial charge in [0.15, 0.2) is 6.61 Å². The Balaban J connectivity index is 1.82. The van der Waals surface area contributed by atoms with E-state index in [0.717, 1.165) is 10.8 Å². The van der Waals surface area contributed by atoms with Crippen LogP contribution in [0, 0.1) is 0 Å². The van der Waals surface area contributed by atoms with Gasteiger partial charge in [-0.1, -0.05) is 30.3 Å². The van der Waals surface area contributed by atoms with E-state index in [9.17, 15) is 9.59 Å². The smallest absolute Gasteiger partial charge is 0.311 e. The van der Waals surface area contributed by atoms with Gasteiger partial charge in [-0.3, -0.25) is 9.59 Å². The lowest BCUT2D eigenvalue weighted by Crippen LogP contribution is -2.26. The Morgan fingerprint density at radius 1 is 1.12 bits per heavy atom. The third-order valence-electron chi connectivity index (χ3n) is 3.17. The minimum Gasteiger partial charge on any atom is -0.484 e. The van der Waals surface area contributed by atoms with Gasteiger partial charge in [0.05, 0.1) is 13.0 Å². The summed E-state index contributed by atoms with van der Waals surface area (Å²) in [5.41, 5.74) is 2.82. The molecule has 2 rings (SSSR count). The normalized spacial score (nSPS) is 11.2. The third-order valence-corrected chi connectivity index (χ3v) is 3.17. The number of benzene rings is 2. The zero-order valence-electron chi connectivity index (χ0n) is 13.7. The molecule has 2 aromatic rings. The monoisotopic (exact) mass is 328 g/mol. The summed E-state index contributed by atoms with van der Waals surface area (Å²) < 4.78 is 10.3. The second-order valence-electron chi connectivity index (χ2n) is 5.16. The molecule has 2 aromatic carbocycles. The van der Waals surface area contributed by atoms with Gasteiger partial charge in [0.25, 0.3) is 5.91 Å². The maximum Gasteiger partial charge on any atom is 0.311 e. The highest BCUT2D eigenvalue weighted by Crippen LogP contribution is 2.20. The molecule has 0 saturated heterocycles. The van der Waals surface area contributed by atoms with Crippen LogP contribution in [0.15, 0.2) is 47.6 Å². The summed E-state index contributed by atoms with van der Waals surface area (Å²) in [6, 6.07) is 13.5. The summed E-state index contributed by atoms with van der Waals surface area (Å²) in [5, 5.41) is 5.99. The summed E-state index contributed by atoms with van der Waals surface area (Å²) in [5.74, 6) is -0.164. The van der Waals surface area contributed by atoms with Crippen LogP contribution in [0.1, 0.15) is 20.3 Å². The molecular formula is C18H20N2O4. The maximum absolute atomic E-state index is 11.7. The van der Waals surface area contributed by atoms with Crippen LogP contribution in [0.2, 0.25) is 0 Å². The van der Waals surface area contributed by atoms with Gasteiger partial charge in [0.2, 0.25) is 0 Å². The van der Waals surface area contributed by atoms with Crippen molar-refractivity contribution in [1.29, 1.82) is 0 Å². The van der Waals surface area contributed by atoms with Gasteiger partial charge in [-0.25, -0.2) is 5.43 Å². The first-order valence-electron chi connectivity index (χ1n) is 7.67. The first kappa shape index (κ1) is 17.5. The van der Waals surface area contributed by atoms with Crippen LogP contribution in [-0.2, 0) is 14.3 Å². The van der Waals surface area contributed by atoms with Crippen molar-refractivity contribution in [3.05, 3.63) is 42.5 Å². The van der Waals surface area contributed by atoms with Crippen LogP contribution < -0.4 is 10.2 Å². The largest absolute Gasteiger partial charge is 0.484 e. The lowest BCUT2D eigenvalue weighted by Gasteiger charge is -2.07. The van der Waals surface area contributed by atoms with E-state index in [-0.39, 0.29) is 19.0 Å². The first-order valence-corrected chi connectivity index (χ1v) is 7.67. The molecule has 0 aliphatic heterocycles. The molecule has 126 valence electrons. The van der Waals surface area contributed by atoms with E-state index in [0.29, 0.717) is 18.1 Å². The first-order chi connectivity index (χ1) is 11.6. The number of fused-ring (bicyclic) bond motifs is 1. The number of hydrazone groups is 1. The van der Waals surface area contributed by atoms with E-state index in [1.165, 1.54) is 0 Å². The zero-order valence-corrected chi connectivity index (χ0v) is 13.7. The Labute approximate surface area is 140 Å². The van der Waals surface area contributed by atoms with Gasteiger partial charge >= 0.3 is 5.97 Å². The quantitative estimate of drug-likeness (QED) is 0.481. The van der Waals surface area contributed by atoms with Crippen molar-refractivity contribution in [3.8, 4) is 5.75 Å². The second-order valence-corrected chi connectivity index (χ2v) is 5.16. The predicted octanol–water partition coefficient (Wildman–Crippen LogP) is 2.66. The molecule has 0 aliphatic rings. The number of hydrogen-bond acceptors (Lipinski definition) is 5. The summed E-state index contributed by atoms with van der Waals surface area (Å²) in [4.78, 5) is 23.0. The minimum atomic E-state index is -0.397. The molecule has 0 unspecified atom stereocenters. The van der Waals surface area contributed by atoms with Gasteiger partial charge in [-0.05, 0) is 36.8 Å². The average molecular weight is 328 g/mol. The lowest BCUT2D eigenvalue weighted by atomic mass is 10.1. The molecule has 0 atom stereocenters. The molecule has 0 heterocycles. The highest BCUT2D eigenvalue weighted by atomic mass is 16.5. The number of hydrogen-bond donors (Lipinski definition) is 1. The van der Waals surface area contributed by atoms with E-state index in [4.69, 9.17) is 9.47 Å². The molecule has 6 nitrogen and oxygen atoms in total. The zero-order chi connectivity index (χ0) is 17.4. The highest BCUT2D eigenvalue weighted by molar-refractivity contribution is 5.98. The van der Waals surface area contributed by atoms with Gasteiger partial charge in [0.1, 0.15) is 5.75 Å².